The summed E-state index contributed by atoms with van der Waals surface area (Å²) in [5, 5.41) is 3.21. The van der Waals surface area contributed by atoms with Crippen LogP contribution >= 0.6 is 0 Å². The maximum atomic E-state index is 12.2. The molecule has 1 aliphatic rings. The third-order valence-electron chi connectivity index (χ3n) is 4.98. The van der Waals surface area contributed by atoms with E-state index in [-0.39, 0.29) is 23.9 Å². The molecule has 0 bridgehead atoms. The molecule has 2 aromatic heterocycles. The van der Waals surface area contributed by atoms with Gasteiger partial charge in [-0.2, -0.15) is 4.98 Å². The average Bonchev–Trinajstić information content (AvgIpc) is 3.17. The van der Waals surface area contributed by atoms with E-state index < -0.39 is 6.09 Å². The lowest BCUT2D eigenvalue weighted by atomic mass is 10.1. The molecule has 1 aromatic carbocycles. The minimum atomic E-state index is -0.445. The van der Waals surface area contributed by atoms with Crippen molar-refractivity contribution in [1.29, 1.82) is 0 Å². The van der Waals surface area contributed by atoms with Gasteiger partial charge in [-0.1, -0.05) is 32.0 Å². The number of carbonyl (C=O) groups is 1. The molecule has 0 saturated carbocycles. The third kappa shape index (κ3) is 4.71. The Kier molecular flexibility index (Phi) is 5.92. The number of benzene rings is 1. The third-order valence-corrected chi connectivity index (χ3v) is 4.98. The molecule has 1 fully saturated rings. The van der Waals surface area contributed by atoms with Crippen molar-refractivity contribution < 1.29 is 14.3 Å². The predicted octanol–water partition coefficient (Wildman–Crippen LogP) is 4.21. The molecule has 4 rings (SSSR count). The van der Waals surface area contributed by atoms with Crippen molar-refractivity contribution in [2.24, 2.45) is 5.92 Å². The molecule has 1 N–H and O–H groups in total. The van der Waals surface area contributed by atoms with Gasteiger partial charge in [0.1, 0.15) is 24.4 Å². The summed E-state index contributed by atoms with van der Waals surface area (Å²) in [5.74, 6) is 2.23. The number of hydrogen-bond donors (Lipinski definition) is 1. The smallest absolute Gasteiger partial charge is 0.417 e. The first-order valence-corrected chi connectivity index (χ1v) is 10.1. The summed E-state index contributed by atoms with van der Waals surface area (Å²) < 4.78 is 11.0. The van der Waals surface area contributed by atoms with Crippen LogP contribution in [0.5, 0.6) is 11.5 Å². The van der Waals surface area contributed by atoms with Gasteiger partial charge >= 0.3 is 6.09 Å². The van der Waals surface area contributed by atoms with Gasteiger partial charge in [0.05, 0.1) is 24.0 Å². The molecule has 1 amide bonds. The van der Waals surface area contributed by atoms with Crippen molar-refractivity contribution >= 4 is 18.0 Å². The molecule has 2 atom stereocenters. The van der Waals surface area contributed by atoms with E-state index in [1.165, 1.54) is 11.2 Å². The van der Waals surface area contributed by atoms with Crippen molar-refractivity contribution in [3.8, 4) is 11.5 Å². The van der Waals surface area contributed by atoms with Crippen molar-refractivity contribution in [1.82, 2.24) is 19.9 Å². The van der Waals surface area contributed by atoms with Crippen LogP contribution in [0.2, 0.25) is 0 Å². The topological polar surface area (TPSA) is 102 Å². The highest BCUT2D eigenvalue weighted by atomic mass is 16.6. The van der Waals surface area contributed by atoms with Gasteiger partial charge in [0, 0.05) is 0 Å². The highest BCUT2D eigenvalue weighted by Gasteiger charge is 2.38. The number of aromatic nitrogens is 4. The largest absolute Gasteiger partial charge is 0.456 e. The van der Waals surface area contributed by atoms with Gasteiger partial charge in [-0.15, -0.1) is 0 Å². The molecule has 3 heterocycles. The first-order chi connectivity index (χ1) is 15.0. The Labute approximate surface area is 180 Å². The van der Waals surface area contributed by atoms with Crippen molar-refractivity contribution in [2.45, 2.75) is 32.9 Å². The molecule has 1 saturated heterocycles. The number of nitrogens with one attached hydrogen (secondary N) is 1. The molecule has 0 radical (unpaired) electrons. The van der Waals surface area contributed by atoms with Crippen LogP contribution < -0.4 is 15.0 Å². The van der Waals surface area contributed by atoms with E-state index in [2.05, 4.69) is 25.3 Å². The molecule has 31 heavy (non-hydrogen) atoms. The SMILES string of the molecule is CC(C)[C@H]1COC(=O)N1c1ncnc(N[C@H](C)c2ccc(Oc3ccccc3)cn2)n1. The molecule has 1 aliphatic heterocycles. The number of amides is 1. The second-order valence-corrected chi connectivity index (χ2v) is 7.57. The van der Waals surface area contributed by atoms with E-state index in [0.717, 1.165) is 11.4 Å². The first kappa shape index (κ1) is 20.5. The fourth-order valence-corrected chi connectivity index (χ4v) is 3.23. The number of ether oxygens (including phenoxy) is 2. The molecular weight excluding hydrogens is 396 g/mol. The Bertz CT molecular complexity index is 1030. The van der Waals surface area contributed by atoms with Gasteiger partial charge in [0.15, 0.2) is 0 Å². The summed E-state index contributed by atoms with van der Waals surface area (Å²) in [6, 6.07) is 13.0. The second kappa shape index (κ2) is 8.95. The van der Waals surface area contributed by atoms with E-state index in [1.807, 2.05) is 63.2 Å². The van der Waals surface area contributed by atoms with Gasteiger partial charge in [-0.05, 0) is 37.1 Å². The minimum absolute atomic E-state index is 0.112. The van der Waals surface area contributed by atoms with E-state index in [9.17, 15) is 4.79 Å². The molecule has 3 aromatic rings. The van der Waals surface area contributed by atoms with E-state index >= 15 is 0 Å². The fraction of sp³-hybridized carbons (Fsp3) is 0.318. The van der Waals surface area contributed by atoms with Crippen LogP contribution in [0.1, 0.15) is 32.5 Å². The van der Waals surface area contributed by atoms with Gasteiger partial charge in [0.25, 0.3) is 0 Å². The summed E-state index contributed by atoms with van der Waals surface area (Å²) in [6.45, 7) is 6.32. The Morgan fingerprint density at radius 3 is 2.58 bits per heavy atom. The Morgan fingerprint density at radius 2 is 1.87 bits per heavy atom. The zero-order valence-corrected chi connectivity index (χ0v) is 17.6. The number of hydrogen-bond acceptors (Lipinski definition) is 8. The second-order valence-electron chi connectivity index (χ2n) is 7.57. The zero-order chi connectivity index (χ0) is 21.8. The number of para-hydroxylation sites is 1. The molecule has 0 spiro atoms. The first-order valence-electron chi connectivity index (χ1n) is 10.1. The summed E-state index contributed by atoms with van der Waals surface area (Å²) in [4.78, 5) is 30.9. The van der Waals surface area contributed by atoms with Gasteiger partial charge in [-0.25, -0.2) is 19.7 Å². The lowest BCUT2D eigenvalue weighted by Gasteiger charge is -2.22. The number of carbonyl (C=O) groups excluding carboxylic acids is 1. The number of anilines is 2. The molecule has 160 valence electrons. The van der Waals surface area contributed by atoms with Crippen LogP contribution in [0, 0.1) is 5.92 Å². The summed E-state index contributed by atoms with van der Waals surface area (Å²) in [7, 11) is 0. The van der Waals surface area contributed by atoms with Crippen LogP contribution in [-0.4, -0.2) is 38.7 Å². The summed E-state index contributed by atoms with van der Waals surface area (Å²) >= 11 is 0. The van der Waals surface area contributed by atoms with Crippen LogP contribution in [0.25, 0.3) is 0 Å². The minimum Gasteiger partial charge on any atom is -0.456 e. The highest BCUT2D eigenvalue weighted by molar-refractivity contribution is 5.88. The van der Waals surface area contributed by atoms with Gasteiger partial charge < -0.3 is 14.8 Å². The molecule has 0 aliphatic carbocycles. The normalized spacial score (nSPS) is 16.8. The molecule has 9 heteroatoms. The van der Waals surface area contributed by atoms with Crippen molar-refractivity contribution in [3.05, 3.63) is 60.7 Å². The van der Waals surface area contributed by atoms with E-state index in [0.29, 0.717) is 18.3 Å². The quantitative estimate of drug-likeness (QED) is 0.606. The standard InChI is InChI=1S/C22H24N6O3/c1-14(2)19-12-30-22(29)28(19)21-25-13-24-20(27-21)26-15(3)18-10-9-17(11-23-18)31-16-7-5-4-6-8-16/h4-11,13-15,19H,12H2,1-3H3,(H,24,25,26,27)/t15-,19-/m1/s1. The lowest BCUT2D eigenvalue weighted by Crippen LogP contribution is -2.38. The van der Waals surface area contributed by atoms with Crippen LogP contribution in [0.3, 0.4) is 0 Å². The van der Waals surface area contributed by atoms with Crippen molar-refractivity contribution in [3.63, 3.8) is 0 Å². The Morgan fingerprint density at radius 1 is 1.06 bits per heavy atom. The van der Waals surface area contributed by atoms with Crippen LogP contribution in [0.15, 0.2) is 55.0 Å². The average molecular weight is 420 g/mol. The molecular formula is C22H24N6O3. The van der Waals surface area contributed by atoms with Gasteiger partial charge in [0.2, 0.25) is 11.9 Å². The number of pyridine rings is 1. The summed E-state index contributed by atoms with van der Waals surface area (Å²) in [5.41, 5.74) is 0.794. The van der Waals surface area contributed by atoms with Gasteiger partial charge in [-0.3, -0.25) is 4.98 Å². The highest BCUT2D eigenvalue weighted by Crippen LogP contribution is 2.26. The van der Waals surface area contributed by atoms with E-state index in [1.54, 1.807) is 6.20 Å². The van der Waals surface area contributed by atoms with Crippen LogP contribution in [-0.2, 0) is 4.74 Å². The maximum absolute atomic E-state index is 12.2. The number of nitrogens with zero attached hydrogens (tertiary/aromatic N) is 5. The van der Waals surface area contributed by atoms with Crippen molar-refractivity contribution in [2.75, 3.05) is 16.8 Å². The number of cyclic esters (lactones) is 1. The fourth-order valence-electron chi connectivity index (χ4n) is 3.23. The van der Waals surface area contributed by atoms with E-state index in [4.69, 9.17) is 9.47 Å². The zero-order valence-electron chi connectivity index (χ0n) is 17.6. The monoisotopic (exact) mass is 420 g/mol. The predicted molar refractivity (Wildman–Crippen MR) is 115 cm³/mol. The number of rotatable bonds is 7. The van der Waals surface area contributed by atoms with Crippen LogP contribution in [0.4, 0.5) is 16.7 Å². The lowest BCUT2D eigenvalue weighted by molar-refractivity contribution is 0.177. The molecule has 9 nitrogen and oxygen atoms in total. The molecule has 0 unspecified atom stereocenters. The Hall–Kier alpha value is -3.75. The maximum Gasteiger partial charge on any atom is 0.417 e. The Balaban J connectivity index is 1.44. The summed E-state index contributed by atoms with van der Waals surface area (Å²) in [6.07, 6.45) is 2.61.